The molecule has 1 aliphatic carbocycles. The molecule has 0 spiro atoms. The van der Waals surface area contributed by atoms with Crippen molar-refractivity contribution >= 4 is 13.0 Å². The van der Waals surface area contributed by atoms with E-state index in [0.717, 1.165) is 51.0 Å². The lowest BCUT2D eigenvalue weighted by molar-refractivity contribution is -0.131. The summed E-state index contributed by atoms with van der Waals surface area (Å²) in [4.78, 5) is 14.6. The summed E-state index contributed by atoms with van der Waals surface area (Å²) in [5.74, 6) is 1.84. The Bertz CT molecular complexity index is 459. The van der Waals surface area contributed by atoms with Gasteiger partial charge in [-0.25, -0.2) is 0 Å². The minimum Gasteiger partial charge on any atom is -0.404 e. The van der Waals surface area contributed by atoms with E-state index in [1.54, 1.807) is 0 Å². The minimum atomic E-state index is -0.223. The summed E-state index contributed by atoms with van der Waals surface area (Å²) in [6.45, 7) is 13.8. The van der Waals surface area contributed by atoms with Gasteiger partial charge in [0, 0.05) is 13.0 Å². The van der Waals surface area contributed by atoms with Gasteiger partial charge < -0.3 is 14.2 Å². The quantitative estimate of drug-likeness (QED) is 0.654. The molecule has 5 heteroatoms. The van der Waals surface area contributed by atoms with Crippen LogP contribution in [0, 0.1) is 11.8 Å². The second-order valence-electron chi connectivity index (χ2n) is 8.60. The van der Waals surface area contributed by atoms with E-state index in [2.05, 4.69) is 27.7 Å². The molecule has 0 aromatic rings. The van der Waals surface area contributed by atoms with Crippen molar-refractivity contribution in [2.24, 2.45) is 11.8 Å². The molecule has 0 bridgehead atoms. The van der Waals surface area contributed by atoms with Gasteiger partial charge in [-0.1, -0.05) is 41.0 Å². The maximum Gasteiger partial charge on any atom is 0.481 e. The minimum absolute atomic E-state index is 0.120. The van der Waals surface area contributed by atoms with Crippen LogP contribution in [0.25, 0.3) is 0 Å². The number of fused-ring (bicyclic) bond motifs is 1. The number of nitrogens with zero attached hydrogens (tertiary/aromatic N) is 1. The topological polar surface area (TPSA) is 38.8 Å². The highest BCUT2D eigenvalue weighted by Gasteiger charge is 2.55. The summed E-state index contributed by atoms with van der Waals surface area (Å²) in [6.07, 6.45) is 8.38. The summed E-state index contributed by atoms with van der Waals surface area (Å²) in [5, 5.41) is 0. The zero-order valence-electron chi connectivity index (χ0n) is 17.9. The fraction of sp³-hybridized carbons (Fsp3) is 0.952. The van der Waals surface area contributed by atoms with Gasteiger partial charge in [0.1, 0.15) is 0 Å². The van der Waals surface area contributed by atoms with Crippen LogP contribution in [-0.2, 0) is 14.1 Å². The highest BCUT2D eigenvalue weighted by Crippen LogP contribution is 2.45. The monoisotopic (exact) mass is 365 g/mol. The van der Waals surface area contributed by atoms with Gasteiger partial charge in [-0.3, -0.25) is 4.79 Å². The van der Waals surface area contributed by atoms with Gasteiger partial charge >= 0.3 is 7.12 Å². The van der Waals surface area contributed by atoms with Crippen LogP contribution in [0.5, 0.6) is 0 Å². The molecule has 0 N–H and O–H groups in total. The average Bonchev–Trinajstić information content (AvgIpc) is 3.24. The van der Waals surface area contributed by atoms with Crippen molar-refractivity contribution in [3.05, 3.63) is 0 Å². The van der Waals surface area contributed by atoms with Crippen LogP contribution in [0.3, 0.4) is 0 Å². The third-order valence-corrected chi connectivity index (χ3v) is 6.51. The van der Waals surface area contributed by atoms with E-state index in [1.165, 1.54) is 6.42 Å². The predicted molar refractivity (Wildman–Crippen MR) is 108 cm³/mol. The third-order valence-electron chi connectivity index (χ3n) is 6.51. The Morgan fingerprint density at radius 2 is 2.04 bits per heavy atom. The molecule has 3 aliphatic rings. The van der Waals surface area contributed by atoms with E-state index >= 15 is 0 Å². The molecule has 4 nitrogen and oxygen atoms in total. The molecule has 3 fully saturated rings. The Morgan fingerprint density at radius 1 is 1.31 bits per heavy atom. The van der Waals surface area contributed by atoms with Crippen molar-refractivity contribution in [1.82, 2.24) is 4.90 Å². The standard InChI is InChI=1S/C19H34BNO3.C2H6/c1-5-6-9-18(22)21-12-7-8-17(21)20-23-16-13-15(14(2)3)10-11-19(16,4)24-20;1-2/h14-17H,5-13H2,1-4H3;1-2H3/t15-,16+,17-,19-;/m0./s1. The summed E-state index contributed by atoms with van der Waals surface area (Å²) in [7, 11) is -0.223. The van der Waals surface area contributed by atoms with Crippen molar-refractivity contribution in [2.45, 2.75) is 111 Å². The summed E-state index contributed by atoms with van der Waals surface area (Å²) < 4.78 is 12.8. The zero-order chi connectivity index (χ0) is 19.3. The fourth-order valence-corrected chi connectivity index (χ4v) is 4.70. The predicted octanol–water partition coefficient (Wildman–Crippen LogP) is 4.85. The molecule has 1 saturated carbocycles. The summed E-state index contributed by atoms with van der Waals surface area (Å²) in [5.41, 5.74) is -0.156. The van der Waals surface area contributed by atoms with Gasteiger partial charge in [0.2, 0.25) is 5.91 Å². The van der Waals surface area contributed by atoms with E-state index in [4.69, 9.17) is 9.31 Å². The van der Waals surface area contributed by atoms with Gasteiger partial charge in [0.15, 0.2) is 0 Å². The number of amides is 1. The van der Waals surface area contributed by atoms with Crippen LogP contribution in [0.4, 0.5) is 0 Å². The molecule has 0 radical (unpaired) electrons. The van der Waals surface area contributed by atoms with Gasteiger partial charge in [-0.15, -0.1) is 0 Å². The number of likely N-dealkylation sites (tertiary alicyclic amines) is 1. The molecular weight excluding hydrogens is 325 g/mol. The number of hydrogen-bond donors (Lipinski definition) is 0. The number of hydrogen-bond acceptors (Lipinski definition) is 3. The van der Waals surface area contributed by atoms with Crippen LogP contribution in [0.1, 0.15) is 92.9 Å². The van der Waals surface area contributed by atoms with Crippen LogP contribution < -0.4 is 0 Å². The Kier molecular flexibility index (Phi) is 8.02. The van der Waals surface area contributed by atoms with E-state index in [-0.39, 0.29) is 30.7 Å². The number of carbonyl (C=O) groups is 1. The molecule has 26 heavy (non-hydrogen) atoms. The molecule has 4 atom stereocenters. The van der Waals surface area contributed by atoms with Crippen LogP contribution >= 0.6 is 0 Å². The maximum atomic E-state index is 12.5. The first-order valence-electron chi connectivity index (χ1n) is 11.1. The lowest BCUT2D eigenvalue weighted by atomic mass is 9.73. The Balaban J connectivity index is 0.00000117. The lowest BCUT2D eigenvalue weighted by Gasteiger charge is -2.39. The van der Waals surface area contributed by atoms with Crippen LogP contribution in [0.15, 0.2) is 0 Å². The van der Waals surface area contributed by atoms with Gasteiger partial charge in [0.25, 0.3) is 0 Å². The fourth-order valence-electron chi connectivity index (χ4n) is 4.70. The first-order chi connectivity index (χ1) is 12.4. The molecule has 2 saturated heterocycles. The second-order valence-corrected chi connectivity index (χ2v) is 8.60. The van der Waals surface area contributed by atoms with E-state index in [9.17, 15) is 4.79 Å². The van der Waals surface area contributed by atoms with Gasteiger partial charge in [0.05, 0.1) is 17.6 Å². The first kappa shape index (κ1) is 21.8. The number of rotatable bonds is 5. The first-order valence-corrected chi connectivity index (χ1v) is 11.1. The Hall–Kier alpha value is -0.545. The second kappa shape index (κ2) is 9.59. The molecule has 0 unspecified atom stereocenters. The van der Waals surface area contributed by atoms with E-state index in [0.29, 0.717) is 12.3 Å². The summed E-state index contributed by atoms with van der Waals surface area (Å²) in [6, 6.07) is 0. The normalized spacial score (nSPS) is 33.9. The number of carbonyl (C=O) groups excluding carboxylic acids is 1. The average molecular weight is 365 g/mol. The molecule has 1 amide bonds. The van der Waals surface area contributed by atoms with E-state index in [1.807, 2.05) is 18.7 Å². The van der Waals surface area contributed by atoms with Crippen LogP contribution in [0.2, 0.25) is 0 Å². The lowest BCUT2D eigenvalue weighted by Crippen LogP contribution is -2.47. The third kappa shape index (κ3) is 4.65. The largest absolute Gasteiger partial charge is 0.481 e. The van der Waals surface area contributed by atoms with Crippen molar-refractivity contribution in [3.63, 3.8) is 0 Å². The van der Waals surface area contributed by atoms with Gasteiger partial charge in [-0.05, 0) is 57.3 Å². The van der Waals surface area contributed by atoms with Crippen molar-refractivity contribution in [1.29, 1.82) is 0 Å². The van der Waals surface area contributed by atoms with Crippen molar-refractivity contribution in [3.8, 4) is 0 Å². The Labute approximate surface area is 161 Å². The Morgan fingerprint density at radius 3 is 2.69 bits per heavy atom. The summed E-state index contributed by atoms with van der Waals surface area (Å²) >= 11 is 0. The van der Waals surface area contributed by atoms with E-state index < -0.39 is 0 Å². The molecule has 0 aromatic heterocycles. The number of unbranched alkanes of at least 4 members (excludes halogenated alkanes) is 1. The highest BCUT2D eigenvalue weighted by molar-refractivity contribution is 6.47. The van der Waals surface area contributed by atoms with Crippen molar-refractivity contribution < 1.29 is 14.1 Å². The SMILES string of the molecule is CC.CCCCC(=O)N1CCC[C@H]1B1O[C@@H]2C[C@@H](C(C)C)CC[C@]2(C)O1. The molecule has 3 rings (SSSR count). The molecule has 2 aliphatic heterocycles. The van der Waals surface area contributed by atoms with Gasteiger partial charge in [-0.2, -0.15) is 0 Å². The molecule has 0 aromatic carbocycles. The van der Waals surface area contributed by atoms with Crippen molar-refractivity contribution in [2.75, 3.05) is 6.54 Å². The molecule has 150 valence electrons. The molecular formula is C21H40BNO3. The van der Waals surface area contributed by atoms with Crippen LogP contribution in [-0.4, -0.2) is 42.1 Å². The highest BCUT2D eigenvalue weighted by atomic mass is 16.7. The zero-order valence-corrected chi connectivity index (χ0v) is 17.9. The smallest absolute Gasteiger partial charge is 0.404 e. The molecule has 2 heterocycles. The maximum absolute atomic E-state index is 12.5.